The zero-order valence-electron chi connectivity index (χ0n) is 27.3. The molecule has 6 rings (SSSR count). The van der Waals surface area contributed by atoms with Gasteiger partial charge in [-0.15, -0.1) is 0 Å². The summed E-state index contributed by atoms with van der Waals surface area (Å²) in [5.74, 6) is -3.00. The summed E-state index contributed by atoms with van der Waals surface area (Å²) in [4.78, 5) is 36.6. The molecule has 2 aliphatic heterocycles. The molecule has 2 aliphatic rings. The van der Waals surface area contributed by atoms with E-state index in [0.717, 1.165) is 68.0 Å². The van der Waals surface area contributed by atoms with Crippen molar-refractivity contribution in [3.8, 4) is 17.0 Å². The number of carbonyl (C=O) groups is 2. The minimum atomic E-state index is -3.30. The molecule has 0 aliphatic carbocycles. The van der Waals surface area contributed by atoms with Crippen LogP contribution in [0.4, 0.5) is 29.1 Å². The van der Waals surface area contributed by atoms with Gasteiger partial charge in [-0.05, 0) is 42.3 Å². The zero-order chi connectivity index (χ0) is 34.7. The average Bonchev–Trinajstić information content (AvgIpc) is 3.50. The smallest absolute Gasteiger partial charge is 0.387 e. The molecular formula is C34H39F4N8O3+. The van der Waals surface area contributed by atoms with Crippen molar-refractivity contribution in [2.45, 2.75) is 26.4 Å². The van der Waals surface area contributed by atoms with E-state index in [1.165, 1.54) is 23.0 Å². The van der Waals surface area contributed by atoms with Crippen LogP contribution in [-0.4, -0.2) is 102 Å². The van der Waals surface area contributed by atoms with Gasteiger partial charge in [0, 0.05) is 61.2 Å². The second-order valence-electron chi connectivity index (χ2n) is 12.7. The van der Waals surface area contributed by atoms with Crippen LogP contribution in [0.3, 0.4) is 0 Å². The van der Waals surface area contributed by atoms with Gasteiger partial charge in [0.05, 0.1) is 51.7 Å². The molecule has 0 spiro atoms. The molecule has 15 heteroatoms. The van der Waals surface area contributed by atoms with E-state index >= 15 is 0 Å². The number of likely N-dealkylation sites (N-methyl/N-ethyl adjacent to an activating group) is 1. The number of nitrogens with one attached hydrogen (secondary N) is 3. The topological polar surface area (TPSA) is 113 Å². The summed E-state index contributed by atoms with van der Waals surface area (Å²) in [5.41, 5.74) is 2.13. The quantitative estimate of drug-likeness (QED) is 0.152. The summed E-state index contributed by atoms with van der Waals surface area (Å²) in [6, 6.07) is 7.29. The van der Waals surface area contributed by atoms with E-state index in [1.54, 1.807) is 12.1 Å². The van der Waals surface area contributed by atoms with Crippen LogP contribution in [0.5, 0.6) is 5.75 Å². The molecule has 4 heterocycles. The van der Waals surface area contributed by atoms with Gasteiger partial charge in [0.25, 0.3) is 5.91 Å². The minimum absolute atomic E-state index is 0.0431. The van der Waals surface area contributed by atoms with Crippen molar-refractivity contribution in [2.75, 3.05) is 64.7 Å². The van der Waals surface area contributed by atoms with Gasteiger partial charge in [-0.25, -0.2) is 14.4 Å². The third-order valence-electron chi connectivity index (χ3n) is 9.32. The summed E-state index contributed by atoms with van der Waals surface area (Å²) < 4.78 is 61.0. The van der Waals surface area contributed by atoms with Gasteiger partial charge in [0.1, 0.15) is 0 Å². The number of carbonyl (C=O) groups excluding carboxylic acids is 2. The van der Waals surface area contributed by atoms with E-state index in [0.29, 0.717) is 35.1 Å². The monoisotopic (exact) mass is 683 g/mol. The van der Waals surface area contributed by atoms with Gasteiger partial charge >= 0.3 is 6.61 Å². The summed E-state index contributed by atoms with van der Waals surface area (Å²) >= 11 is 0. The summed E-state index contributed by atoms with van der Waals surface area (Å²) in [6.45, 7) is 5.47. The first-order valence-electron chi connectivity index (χ1n) is 16.3. The predicted molar refractivity (Wildman–Crippen MR) is 175 cm³/mol. The molecule has 0 saturated carbocycles. The second kappa shape index (κ2) is 14.4. The fourth-order valence-electron chi connectivity index (χ4n) is 6.46. The Labute approximate surface area is 280 Å². The normalized spacial score (nSPS) is 16.1. The molecule has 49 heavy (non-hydrogen) atoms. The van der Waals surface area contributed by atoms with Crippen molar-refractivity contribution in [3.63, 3.8) is 0 Å². The summed E-state index contributed by atoms with van der Waals surface area (Å²) in [5, 5.41) is 9.39. The van der Waals surface area contributed by atoms with E-state index in [1.807, 2.05) is 17.9 Å². The number of quaternary nitrogens is 1. The lowest BCUT2D eigenvalue weighted by Gasteiger charge is -2.45. The molecule has 2 aromatic heterocycles. The van der Waals surface area contributed by atoms with Crippen LogP contribution >= 0.6 is 0 Å². The van der Waals surface area contributed by atoms with E-state index in [-0.39, 0.29) is 36.0 Å². The number of aromatic nitrogens is 3. The SMILES string of the molecule is CCc1cc(Nc2nccn3c(-c4ccc(OC(F)F)c(F)c4F)cnc23)ccc1C(=O)NCCC(=O)N1CC[N+](C)(CC2CNC2)CC1. The number of fused-ring (bicyclic) bond motifs is 1. The van der Waals surface area contributed by atoms with Gasteiger partial charge in [-0.2, -0.15) is 13.2 Å². The Bertz CT molecular complexity index is 1840. The highest BCUT2D eigenvalue weighted by atomic mass is 19.3. The Kier molecular flexibility index (Phi) is 10.0. The molecular weight excluding hydrogens is 644 g/mol. The van der Waals surface area contributed by atoms with Crippen molar-refractivity contribution >= 4 is 29.0 Å². The number of piperazine rings is 1. The van der Waals surface area contributed by atoms with Crippen molar-refractivity contribution in [2.24, 2.45) is 5.92 Å². The van der Waals surface area contributed by atoms with Crippen molar-refractivity contribution in [3.05, 3.63) is 71.7 Å². The molecule has 2 saturated heterocycles. The fraction of sp³-hybridized carbons (Fsp3) is 0.412. The van der Waals surface area contributed by atoms with E-state index in [4.69, 9.17) is 0 Å². The number of alkyl halides is 2. The molecule has 0 bridgehead atoms. The largest absolute Gasteiger partial charge is 0.432 e. The Hall–Kier alpha value is -4.76. The summed E-state index contributed by atoms with van der Waals surface area (Å²) in [6.07, 6.45) is 5.06. The number of halogens is 4. The van der Waals surface area contributed by atoms with Crippen LogP contribution < -0.4 is 20.7 Å². The number of hydrogen-bond acceptors (Lipinski definition) is 7. The van der Waals surface area contributed by atoms with Gasteiger partial charge in [0.15, 0.2) is 23.0 Å². The second-order valence-corrected chi connectivity index (χ2v) is 12.7. The highest BCUT2D eigenvalue weighted by Gasteiger charge is 2.34. The van der Waals surface area contributed by atoms with Gasteiger partial charge in [0.2, 0.25) is 11.7 Å². The first-order chi connectivity index (χ1) is 23.5. The Morgan fingerprint density at radius 2 is 1.88 bits per heavy atom. The number of anilines is 2. The molecule has 2 amide bonds. The Morgan fingerprint density at radius 1 is 1.10 bits per heavy atom. The molecule has 0 unspecified atom stereocenters. The zero-order valence-corrected chi connectivity index (χ0v) is 27.3. The van der Waals surface area contributed by atoms with Crippen molar-refractivity contribution < 1.29 is 36.4 Å². The maximum absolute atomic E-state index is 14.9. The standard InChI is InChI=1S/C34H38F4N8O3/c1-3-22-16-23(4-5-24(22)33(48)41-9-8-28(47)44-12-14-46(2,15-13-44)20-21-17-39-18-21)43-31-32-42-19-26(45(32)11-10-40-31)25-6-7-27(49-34(37)38)30(36)29(25)35/h4-7,10-11,16,19,21,34,39H,3,8-9,12-15,17-18,20H2,1-2H3,(H-,40,41,43,48)/p+1. The molecule has 0 radical (unpaired) electrons. The van der Waals surface area contributed by atoms with Crippen LogP contribution in [0.15, 0.2) is 48.9 Å². The molecule has 260 valence electrons. The first-order valence-corrected chi connectivity index (χ1v) is 16.3. The maximum Gasteiger partial charge on any atom is 0.387 e. The number of hydrogen-bond donors (Lipinski definition) is 3. The van der Waals surface area contributed by atoms with Gasteiger partial charge in [-0.3, -0.25) is 14.0 Å². The number of rotatable bonds is 12. The predicted octanol–water partition coefficient (Wildman–Crippen LogP) is 4.21. The number of ether oxygens (including phenoxy) is 1. The number of nitrogens with zero attached hydrogens (tertiary/aromatic N) is 5. The molecule has 4 aromatic rings. The molecule has 0 atom stereocenters. The van der Waals surface area contributed by atoms with E-state index in [9.17, 15) is 27.2 Å². The lowest BCUT2D eigenvalue weighted by Crippen LogP contribution is -2.62. The maximum atomic E-state index is 14.9. The highest BCUT2D eigenvalue weighted by molar-refractivity contribution is 5.96. The van der Waals surface area contributed by atoms with Crippen LogP contribution in [-0.2, 0) is 11.2 Å². The first kappa shape index (κ1) is 34.1. The highest BCUT2D eigenvalue weighted by Crippen LogP contribution is 2.32. The van der Waals surface area contributed by atoms with Crippen LogP contribution in [0.1, 0.15) is 29.3 Å². The Balaban J connectivity index is 1.07. The lowest BCUT2D eigenvalue weighted by molar-refractivity contribution is -0.916. The van der Waals surface area contributed by atoms with Crippen LogP contribution in [0, 0.1) is 17.6 Å². The lowest BCUT2D eigenvalue weighted by atomic mass is 10.0. The molecule has 2 fully saturated rings. The van der Waals surface area contributed by atoms with Gasteiger partial charge in [-0.1, -0.05) is 6.92 Å². The van der Waals surface area contributed by atoms with Crippen LogP contribution in [0.25, 0.3) is 16.9 Å². The molecule has 11 nitrogen and oxygen atoms in total. The van der Waals surface area contributed by atoms with Gasteiger partial charge < -0.3 is 30.1 Å². The summed E-state index contributed by atoms with van der Waals surface area (Å²) in [7, 11) is 2.27. The number of imidazole rings is 1. The van der Waals surface area contributed by atoms with E-state index < -0.39 is 24.0 Å². The fourth-order valence-corrected chi connectivity index (χ4v) is 6.46. The molecule has 3 N–H and O–H groups in total. The molecule has 2 aromatic carbocycles. The minimum Gasteiger partial charge on any atom is -0.432 e. The number of amides is 2. The number of benzene rings is 2. The number of aryl methyl sites for hydroxylation is 1. The van der Waals surface area contributed by atoms with Crippen molar-refractivity contribution in [1.82, 2.24) is 29.9 Å². The Morgan fingerprint density at radius 3 is 2.57 bits per heavy atom. The van der Waals surface area contributed by atoms with E-state index in [2.05, 4.69) is 37.7 Å². The average molecular weight is 684 g/mol. The van der Waals surface area contributed by atoms with Crippen LogP contribution in [0.2, 0.25) is 0 Å². The van der Waals surface area contributed by atoms with Crippen molar-refractivity contribution in [1.29, 1.82) is 0 Å². The third kappa shape index (κ3) is 7.47. The third-order valence-corrected chi connectivity index (χ3v) is 9.32.